The molecule has 0 atom stereocenters. The summed E-state index contributed by atoms with van der Waals surface area (Å²) in [6.07, 6.45) is 2.03. The van der Waals surface area contributed by atoms with Crippen LogP contribution in [-0.4, -0.2) is 45.6 Å². The fraction of sp³-hybridized carbons (Fsp3) is 0.556. The number of aromatic amines is 2. The van der Waals surface area contributed by atoms with E-state index in [0.717, 1.165) is 25.9 Å². The van der Waals surface area contributed by atoms with Crippen molar-refractivity contribution < 1.29 is 4.79 Å². The molecule has 1 aliphatic rings. The van der Waals surface area contributed by atoms with Gasteiger partial charge in [-0.15, -0.1) is 5.10 Å². The molecule has 0 spiro atoms. The maximum Gasteiger partial charge on any atom is 0.342 e. The third-order valence-corrected chi connectivity index (χ3v) is 2.58. The van der Waals surface area contributed by atoms with Gasteiger partial charge in [-0.2, -0.15) is 0 Å². The molecule has 92 valence electrons. The summed E-state index contributed by atoms with van der Waals surface area (Å²) in [5.41, 5.74) is -1.31. The Balaban J connectivity index is 1.95. The number of H-pyrrole nitrogens is 2. The molecule has 2 rings (SSSR count). The van der Waals surface area contributed by atoms with Crippen molar-refractivity contribution in [3.05, 3.63) is 20.8 Å². The van der Waals surface area contributed by atoms with E-state index >= 15 is 0 Å². The number of nitrogens with one attached hydrogen (secondary N) is 3. The molecule has 17 heavy (non-hydrogen) atoms. The second-order valence-electron chi connectivity index (χ2n) is 3.80. The van der Waals surface area contributed by atoms with Crippen LogP contribution in [0.15, 0.2) is 9.59 Å². The summed E-state index contributed by atoms with van der Waals surface area (Å²) in [7, 11) is 0. The summed E-state index contributed by atoms with van der Waals surface area (Å²) >= 11 is 0. The third kappa shape index (κ3) is 2.71. The average molecular weight is 239 g/mol. The Morgan fingerprint density at radius 3 is 2.71 bits per heavy atom. The zero-order valence-corrected chi connectivity index (χ0v) is 9.15. The number of carbonyl (C=O) groups is 1. The monoisotopic (exact) mass is 239 g/mol. The van der Waals surface area contributed by atoms with Crippen molar-refractivity contribution in [3.63, 3.8) is 0 Å². The quantitative estimate of drug-likeness (QED) is 0.594. The van der Waals surface area contributed by atoms with E-state index in [1.165, 1.54) is 0 Å². The summed E-state index contributed by atoms with van der Waals surface area (Å²) in [6.45, 7) is 1.52. The predicted octanol–water partition coefficient (Wildman–Crippen LogP) is -1.51. The Labute approximate surface area is 96.0 Å². The highest BCUT2D eigenvalue weighted by atomic mass is 16.2. The van der Waals surface area contributed by atoms with E-state index in [0.29, 0.717) is 0 Å². The van der Waals surface area contributed by atoms with Gasteiger partial charge >= 0.3 is 5.69 Å². The number of hydrogen-bond donors (Lipinski definition) is 3. The molecule has 1 aliphatic heterocycles. The fourth-order valence-electron chi connectivity index (χ4n) is 1.71. The minimum atomic E-state index is -0.675. The molecule has 8 nitrogen and oxygen atoms in total. The Morgan fingerprint density at radius 2 is 2.06 bits per heavy atom. The van der Waals surface area contributed by atoms with Crippen LogP contribution in [0.1, 0.15) is 12.8 Å². The molecule has 1 amide bonds. The van der Waals surface area contributed by atoms with Crippen LogP contribution < -0.4 is 16.6 Å². The number of aromatic nitrogens is 3. The molecule has 8 heteroatoms. The van der Waals surface area contributed by atoms with Crippen LogP contribution >= 0.6 is 0 Å². The molecular formula is C9H13N5O3. The Morgan fingerprint density at radius 1 is 1.35 bits per heavy atom. The lowest BCUT2D eigenvalue weighted by atomic mass is 10.4. The summed E-state index contributed by atoms with van der Waals surface area (Å²) in [5.74, 6) is -0.132. The number of amides is 1. The van der Waals surface area contributed by atoms with E-state index in [4.69, 9.17) is 0 Å². The zero-order valence-electron chi connectivity index (χ0n) is 9.15. The largest absolute Gasteiger partial charge is 0.355 e. The van der Waals surface area contributed by atoms with Gasteiger partial charge in [-0.1, -0.05) is 0 Å². The van der Waals surface area contributed by atoms with Crippen LogP contribution in [-0.2, 0) is 4.79 Å². The number of nitrogens with zero attached hydrogens (tertiary/aromatic N) is 2. The SMILES string of the molecule is O=C(CNc1n[nH]c(=O)[nH]c1=O)N1CCCC1. The number of likely N-dealkylation sites (tertiary alicyclic amines) is 1. The molecule has 0 radical (unpaired) electrons. The van der Waals surface area contributed by atoms with Gasteiger partial charge < -0.3 is 10.2 Å². The molecule has 0 saturated carbocycles. The number of hydrogen-bond acceptors (Lipinski definition) is 5. The van der Waals surface area contributed by atoms with Crippen molar-refractivity contribution in [2.24, 2.45) is 0 Å². The third-order valence-electron chi connectivity index (χ3n) is 2.58. The first-order valence-electron chi connectivity index (χ1n) is 5.37. The van der Waals surface area contributed by atoms with E-state index in [9.17, 15) is 14.4 Å². The lowest BCUT2D eigenvalue weighted by Crippen LogP contribution is -2.35. The van der Waals surface area contributed by atoms with Crippen LogP contribution in [0.4, 0.5) is 5.82 Å². The lowest BCUT2D eigenvalue weighted by molar-refractivity contribution is -0.128. The van der Waals surface area contributed by atoms with Gasteiger partial charge in [0.15, 0.2) is 0 Å². The molecule has 1 aromatic heterocycles. The normalized spacial score (nSPS) is 14.9. The minimum Gasteiger partial charge on any atom is -0.355 e. The molecule has 3 N–H and O–H groups in total. The van der Waals surface area contributed by atoms with E-state index < -0.39 is 11.2 Å². The molecule has 0 bridgehead atoms. The molecule has 1 saturated heterocycles. The second-order valence-corrected chi connectivity index (χ2v) is 3.80. The molecule has 0 aliphatic carbocycles. The Kier molecular flexibility index (Phi) is 3.22. The number of carbonyl (C=O) groups excluding carboxylic acids is 1. The van der Waals surface area contributed by atoms with Crippen LogP contribution in [0.2, 0.25) is 0 Å². The van der Waals surface area contributed by atoms with Crippen molar-refractivity contribution >= 4 is 11.7 Å². The maximum absolute atomic E-state index is 11.6. The van der Waals surface area contributed by atoms with Crippen LogP contribution in [0.5, 0.6) is 0 Å². The summed E-state index contributed by atoms with van der Waals surface area (Å²) in [6, 6.07) is 0. The summed E-state index contributed by atoms with van der Waals surface area (Å²) < 4.78 is 0. The predicted molar refractivity (Wildman–Crippen MR) is 59.8 cm³/mol. The molecule has 1 aromatic rings. The first-order valence-corrected chi connectivity index (χ1v) is 5.37. The molecule has 0 aromatic carbocycles. The standard InChI is InChI=1S/C9H13N5O3/c15-6(14-3-1-2-4-14)5-10-7-8(16)11-9(17)13-12-7/h1-5H2,(H,10,12)(H2,11,13,16,17). The van der Waals surface area contributed by atoms with Gasteiger partial charge in [0.25, 0.3) is 5.56 Å². The van der Waals surface area contributed by atoms with Gasteiger partial charge in [-0.3, -0.25) is 14.6 Å². The van der Waals surface area contributed by atoms with Gasteiger partial charge in [-0.25, -0.2) is 9.89 Å². The van der Waals surface area contributed by atoms with Crippen LogP contribution in [0.3, 0.4) is 0 Å². The van der Waals surface area contributed by atoms with Crippen LogP contribution in [0, 0.1) is 0 Å². The van der Waals surface area contributed by atoms with Gasteiger partial charge in [0, 0.05) is 13.1 Å². The summed E-state index contributed by atoms with van der Waals surface area (Å²) in [5, 5.41) is 8.20. The smallest absolute Gasteiger partial charge is 0.342 e. The van der Waals surface area contributed by atoms with E-state index in [1.807, 2.05) is 4.98 Å². The van der Waals surface area contributed by atoms with Crippen molar-refractivity contribution in [1.29, 1.82) is 0 Å². The van der Waals surface area contributed by atoms with Crippen molar-refractivity contribution in [2.75, 3.05) is 25.0 Å². The van der Waals surface area contributed by atoms with E-state index in [2.05, 4.69) is 15.5 Å². The topological polar surface area (TPSA) is 111 Å². The zero-order chi connectivity index (χ0) is 12.3. The van der Waals surface area contributed by atoms with Crippen LogP contribution in [0.25, 0.3) is 0 Å². The first kappa shape index (κ1) is 11.4. The second kappa shape index (κ2) is 4.81. The lowest BCUT2D eigenvalue weighted by Gasteiger charge is -2.15. The van der Waals surface area contributed by atoms with E-state index in [1.54, 1.807) is 4.90 Å². The minimum absolute atomic E-state index is 0.00211. The van der Waals surface area contributed by atoms with Gasteiger partial charge in [0.05, 0.1) is 6.54 Å². The fourth-order valence-corrected chi connectivity index (χ4v) is 1.71. The highest BCUT2D eigenvalue weighted by Crippen LogP contribution is 2.07. The Bertz CT molecular complexity index is 514. The molecular weight excluding hydrogens is 226 g/mol. The van der Waals surface area contributed by atoms with Gasteiger partial charge in [0.1, 0.15) is 0 Å². The highest BCUT2D eigenvalue weighted by molar-refractivity contribution is 5.80. The van der Waals surface area contributed by atoms with Gasteiger partial charge in [0.2, 0.25) is 11.7 Å². The highest BCUT2D eigenvalue weighted by Gasteiger charge is 2.17. The van der Waals surface area contributed by atoms with Gasteiger partial charge in [-0.05, 0) is 12.8 Å². The molecule has 1 fully saturated rings. The maximum atomic E-state index is 11.6. The van der Waals surface area contributed by atoms with Crippen molar-refractivity contribution in [1.82, 2.24) is 20.1 Å². The Hall–Kier alpha value is -2.12. The average Bonchev–Trinajstić information content (AvgIpc) is 2.81. The van der Waals surface area contributed by atoms with Crippen molar-refractivity contribution in [3.8, 4) is 0 Å². The summed E-state index contributed by atoms with van der Waals surface area (Å²) in [4.78, 5) is 37.4. The van der Waals surface area contributed by atoms with Crippen molar-refractivity contribution in [2.45, 2.75) is 12.8 Å². The van der Waals surface area contributed by atoms with E-state index in [-0.39, 0.29) is 18.3 Å². The number of anilines is 1. The molecule has 2 heterocycles. The number of rotatable bonds is 3. The molecule has 0 unspecified atom stereocenters. The first-order chi connectivity index (χ1) is 8.16.